The molecule has 61 heavy (non-hydrogen) atoms. The Morgan fingerprint density at radius 2 is 1.79 bits per heavy atom. The van der Waals surface area contributed by atoms with Crippen LogP contribution < -0.4 is 9.47 Å². The van der Waals surface area contributed by atoms with Gasteiger partial charge in [-0.2, -0.15) is 0 Å². The van der Waals surface area contributed by atoms with Crippen molar-refractivity contribution in [2.24, 2.45) is 28.8 Å². The first-order valence-corrected chi connectivity index (χ1v) is 23.2. The van der Waals surface area contributed by atoms with E-state index in [9.17, 15) is 10.2 Å². The van der Waals surface area contributed by atoms with Gasteiger partial charge < -0.3 is 34.2 Å². The average Bonchev–Trinajstić information content (AvgIpc) is 3.96. The predicted molar refractivity (Wildman–Crippen MR) is 240 cm³/mol. The quantitative estimate of drug-likeness (QED) is 0.0448. The number of hydrogen-bond donors (Lipinski definition) is 2. The van der Waals surface area contributed by atoms with Crippen LogP contribution in [-0.2, 0) is 20.9 Å². The van der Waals surface area contributed by atoms with Crippen LogP contribution >= 0.6 is 0 Å². The summed E-state index contributed by atoms with van der Waals surface area (Å²) in [6, 6.07) is 20.4. The van der Waals surface area contributed by atoms with Crippen LogP contribution in [0, 0.1) is 23.7 Å². The van der Waals surface area contributed by atoms with Crippen molar-refractivity contribution in [3.8, 4) is 11.5 Å². The number of carbonyl (C=O) groups is 1. The normalized spacial score (nSPS) is 26.3. The van der Waals surface area contributed by atoms with E-state index in [0.29, 0.717) is 38.3 Å². The van der Waals surface area contributed by atoms with E-state index in [4.69, 9.17) is 24.2 Å². The van der Waals surface area contributed by atoms with Crippen molar-refractivity contribution in [1.82, 2.24) is 9.80 Å². The summed E-state index contributed by atoms with van der Waals surface area (Å²) in [6.07, 6.45) is 15.7. The molecule has 0 spiro atoms. The van der Waals surface area contributed by atoms with Gasteiger partial charge in [0, 0.05) is 63.7 Å². The molecule has 3 aromatic rings. The number of oxime groups is 1. The Kier molecular flexibility index (Phi) is 14.5. The lowest BCUT2D eigenvalue weighted by atomic mass is 9.55. The third-order valence-electron chi connectivity index (χ3n) is 14.2. The number of carbonyl (C=O) groups excluding carboxylic acids is 1. The number of aliphatic hydroxyl groups excluding tert-OH is 2. The molecule has 2 saturated carbocycles. The molecule has 2 N–H and O–H groups in total. The SMILES string of the molecule is C=CCO[C@@]12Oc3ccc(OCCN4CC4)cc3[C@H]3[C@H](CCCCO)[C@@H](CCCCO)C=C(C(=NOC)C[C@@H]1N(Cc1cccc4ccccc14)C(=O)CCC1CCCC1)[C@H]32. The molecule has 0 radical (unpaired) electrons. The maximum Gasteiger partial charge on any atom is 0.239 e. The zero-order valence-electron chi connectivity index (χ0n) is 36.2. The highest BCUT2D eigenvalue weighted by atomic mass is 16.7. The molecule has 0 unspecified atom stereocenters. The fourth-order valence-electron chi connectivity index (χ4n) is 11.2. The maximum atomic E-state index is 15.3. The molecule has 10 nitrogen and oxygen atoms in total. The van der Waals surface area contributed by atoms with Crippen LogP contribution in [0.5, 0.6) is 11.5 Å². The molecular weight excluding hydrogens is 767 g/mol. The third-order valence-corrected chi connectivity index (χ3v) is 14.2. The van der Waals surface area contributed by atoms with Crippen molar-refractivity contribution in [1.29, 1.82) is 0 Å². The van der Waals surface area contributed by atoms with E-state index in [-0.39, 0.29) is 49.4 Å². The van der Waals surface area contributed by atoms with E-state index in [0.717, 1.165) is 103 Å². The second-order valence-electron chi connectivity index (χ2n) is 18.0. The van der Waals surface area contributed by atoms with Crippen LogP contribution in [0.1, 0.15) is 101 Å². The maximum absolute atomic E-state index is 15.3. The van der Waals surface area contributed by atoms with Crippen LogP contribution in [-0.4, -0.2) is 96.6 Å². The van der Waals surface area contributed by atoms with E-state index < -0.39 is 11.8 Å². The van der Waals surface area contributed by atoms with Gasteiger partial charge in [0.05, 0.1) is 18.2 Å². The molecule has 2 aliphatic heterocycles. The summed E-state index contributed by atoms with van der Waals surface area (Å²) in [5.41, 5.74) is 4.00. The summed E-state index contributed by atoms with van der Waals surface area (Å²) in [4.78, 5) is 25.4. The van der Waals surface area contributed by atoms with E-state index >= 15 is 4.79 Å². The Morgan fingerprint density at radius 3 is 2.56 bits per heavy atom. The first-order valence-electron chi connectivity index (χ1n) is 23.2. The number of hydrogen-bond acceptors (Lipinski definition) is 9. The minimum atomic E-state index is -1.30. The average molecular weight is 834 g/mol. The molecule has 6 atom stereocenters. The number of nitrogens with zero attached hydrogens (tertiary/aromatic N) is 3. The van der Waals surface area contributed by atoms with E-state index in [1.807, 2.05) is 12.1 Å². The number of aliphatic hydroxyl groups is 2. The lowest BCUT2D eigenvalue weighted by Crippen LogP contribution is -2.70. The molecule has 5 aliphatic rings. The van der Waals surface area contributed by atoms with Crippen molar-refractivity contribution >= 4 is 22.4 Å². The molecule has 1 amide bonds. The van der Waals surface area contributed by atoms with Gasteiger partial charge >= 0.3 is 0 Å². The number of fused-ring (bicyclic) bond motifs is 3. The zero-order valence-corrected chi connectivity index (χ0v) is 36.2. The van der Waals surface area contributed by atoms with E-state index in [1.165, 1.54) is 25.7 Å². The summed E-state index contributed by atoms with van der Waals surface area (Å²) in [5.74, 6) is 0.756. The molecule has 0 bridgehead atoms. The lowest BCUT2D eigenvalue weighted by Gasteiger charge is -2.60. The Labute approximate surface area is 362 Å². The number of amides is 1. The molecule has 3 aliphatic carbocycles. The molecule has 3 aromatic carbocycles. The van der Waals surface area contributed by atoms with Crippen LogP contribution in [0.4, 0.5) is 0 Å². The van der Waals surface area contributed by atoms with E-state index in [1.54, 1.807) is 13.2 Å². The van der Waals surface area contributed by atoms with E-state index in [2.05, 4.69) is 71.0 Å². The van der Waals surface area contributed by atoms with Crippen LogP contribution in [0.15, 0.2) is 90.1 Å². The minimum Gasteiger partial charge on any atom is -0.492 e. The first kappa shape index (κ1) is 43.4. The first-order chi connectivity index (χ1) is 30.0. The molecule has 1 saturated heterocycles. The van der Waals surface area contributed by atoms with Gasteiger partial charge in [0.2, 0.25) is 11.7 Å². The Morgan fingerprint density at radius 1 is 1.00 bits per heavy atom. The van der Waals surface area contributed by atoms with Gasteiger partial charge in [-0.25, -0.2) is 0 Å². The number of benzene rings is 3. The highest BCUT2D eigenvalue weighted by Gasteiger charge is 2.65. The minimum absolute atomic E-state index is 0.0916. The van der Waals surface area contributed by atoms with Gasteiger partial charge in [0.15, 0.2) is 0 Å². The van der Waals surface area contributed by atoms with Crippen LogP contribution in [0.2, 0.25) is 0 Å². The molecule has 2 heterocycles. The standard InChI is InChI=1S/C51H67N3O7/c1-3-30-60-51-47(54(48(57)24-21-36-13-4-5-14-36)35-39-18-12-17-37-15-6-7-19-41(37)39)34-45(52-58-2)43-32-38(16-8-10-28-55)42(20-9-11-29-56)49(50(43)51)44-33-40(22-23-46(44)61-51)59-31-27-53-25-26-53/h3,6-7,12,15,17-19,22-23,32-33,36,38,42,47,49-50,55-56H,1,4-5,8-11,13-14,16,20-21,24-31,34-35H2,2H3/t38-,42+,47-,49+,50+,51+/m0/s1. The number of rotatable bonds is 22. The summed E-state index contributed by atoms with van der Waals surface area (Å²) in [7, 11) is 1.60. The second-order valence-corrected chi connectivity index (χ2v) is 18.0. The third kappa shape index (κ3) is 9.58. The molecule has 328 valence electrons. The second kappa shape index (κ2) is 20.3. The molecule has 8 rings (SSSR count). The van der Waals surface area contributed by atoms with Crippen LogP contribution in [0.3, 0.4) is 0 Å². The zero-order chi connectivity index (χ0) is 42.2. The number of ether oxygens (including phenoxy) is 3. The fourth-order valence-corrected chi connectivity index (χ4v) is 11.2. The van der Waals surface area contributed by atoms with Gasteiger partial charge in [-0.3, -0.25) is 9.69 Å². The Hall–Kier alpha value is -4.22. The lowest BCUT2D eigenvalue weighted by molar-refractivity contribution is -0.258. The molecule has 0 aromatic heterocycles. The highest BCUT2D eigenvalue weighted by molar-refractivity contribution is 6.03. The molecule has 3 fully saturated rings. The molecule has 10 heteroatoms. The fraction of sp³-hybridized carbons (Fsp3) is 0.569. The highest BCUT2D eigenvalue weighted by Crippen LogP contribution is 2.62. The smallest absolute Gasteiger partial charge is 0.239 e. The Bertz CT molecular complexity index is 2020. The van der Waals surface area contributed by atoms with Gasteiger partial charge in [-0.1, -0.05) is 98.3 Å². The van der Waals surface area contributed by atoms with Crippen molar-refractivity contribution in [3.05, 3.63) is 96.1 Å². The largest absolute Gasteiger partial charge is 0.492 e. The number of allylic oxidation sites excluding steroid dienone is 1. The summed E-state index contributed by atoms with van der Waals surface area (Å²) >= 11 is 0. The van der Waals surface area contributed by atoms with Crippen molar-refractivity contribution in [3.63, 3.8) is 0 Å². The van der Waals surface area contributed by atoms with Crippen LogP contribution in [0.25, 0.3) is 10.8 Å². The number of unbranched alkanes of at least 4 members (excludes halogenated alkanes) is 2. The predicted octanol–water partition coefficient (Wildman–Crippen LogP) is 8.80. The summed E-state index contributed by atoms with van der Waals surface area (Å²) in [6.45, 7) is 8.74. The molecular formula is C51H67N3O7. The van der Waals surface area contributed by atoms with Gasteiger partial charge in [-0.15, -0.1) is 6.58 Å². The van der Waals surface area contributed by atoms with Crippen molar-refractivity contribution in [2.75, 3.05) is 53.2 Å². The summed E-state index contributed by atoms with van der Waals surface area (Å²) in [5, 5.41) is 27.0. The Balaban J connectivity index is 1.30. The van der Waals surface area contributed by atoms with Crippen molar-refractivity contribution < 1.29 is 34.1 Å². The van der Waals surface area contributed by atoms with Crippen molar-refractivity contribution in [2.45, 2.75) is 108 Å². The topological polar surface area (TPSA) is 113 Å². The van der Waals surface area contributed by atoms with Gasteiger partial charge in [0.25, 0.3) is 0 Å². The summed E-state index contributed by atoms with van der Waals surface area (Å²) < 4.78 is 21.2. The van der Waals surface area contributed by atoms with Gasteiger partial charge in [0.1, 0.15) is 31.3 Å². The monoisotopic (exact) mass is 833 g/mol. The van der Waals surface area contributed by atoms with Gasteiger partial charge in [-0.05, 0) is 90.0 Å².